The first-order chi connectivity index (χ1) is 7.23. The number of amides is 1. The zero-order valence-electron chi connectivity index (χ0n) is 9.52. The molecule has 1 saturated heterocycles. The standard InChI is InChI=1S/C10H17F3N2O/c1-9(3-5-15(2)6-4-9)8(16)14-7-10(11,12)13/h3-7H2,1-2H3,(H,14,16). The Morgan fingerprint density at radius 1 is 1.38 bits per heavy atom. The maximum absolute atomic E-state index is 11.9. The predicted octanol–water partition coefficient (Wildman–Crippen LogP) is 1.40. The Hall–Kier alpha value is -0.780. The first-order valence-electron chi connectivity index (χ1n) is 5.26. The molecule has 94 valence electrons. The molecule has 0 aliphatic carbocycles. The van der Waals surface area contributed by atoms with Crippen LogP contribution in [-0.4, -0.2) is 43.7 Å². The summed E-state index contributed by atoms with van der Waals surface area (Å²) < 4.78 is 35.8. The smallest absolute Gasteiger partial charge is 0.347 e. The average molecular weight is 238 g/mol. The number of carbonyl (C=O) groups excluding carboxylic acids is 1. The van der Waals surface area contributed by atoms with Crippen LogP contribution in [0, 0.1) is 5.41 Å². The van der Waals surface area contributed by atoms with Crippen LogP contribution < -0.4 is 5.32 Å². The molecular formula is C10H17F3N2O. The van der Waals surface area contributed by atoms with Crippen molar-refractivity contribution in [3.63, 3.8) is 0 Å². The molecule has 1 aliphatic heterocycles. The predicted molar refractivity (Wildman–Crippen MR) is 53.9 cm³/mol. The van der Waals surface area contributed by atoms with E-state index in [1.54, 1.807) is 6.92 Å². The third kappa shape index (κ3) is 3.66. The second-order valence-corrected chi connectivity index (χ2v) is 4.66. The number of nitrogens with zero attached hydrogens (tertiary/aromatic N) is 1. The molecule has 0 atom stereocenters. The number of likely N-dealkylation sites (tertiary alicyclic amines) is 1. The summed E-state index contributed by atoms with van der Waals surface area (Å²) in [7, 11) is 1.94. The molecule has 0 bridgehead atoms. The van der Waals surface area contributed by atoms with Gasteiger partial charge in [-0.25, -0.2) is 0 Å². The summed E-state index contributed by atoms with van der Waals surface area (Å²) in [6.07, 6.45) is -3.13. The molecule has 0 unspecified atom stereocenters. The van der Waals surface area contributed by atoms with Crippen LogP contribution in [0.5, 0.6) is 0 Å². The first-order valence-corrected chi connectivity index (χ1v) is 5.26. The molecular weight excluding hydrogens is 221 g/mol. The van der Waals surface area contributed by atoms with E-state index in [4.69, 9.17) is 0 Å². The van der Waals surface area contributed by atoms with Crippen LogP contribution >= 0.6 is 0 Å². The number of carbonyl (C=O) groups is 1. The Balaban J connectivity index is 2.47. The normalized spacial score (nSPS) is 21.8. The molecule has 1 amide bonds. The third-order valence-corrected chi connectivity index (χ3v) is 3.09. The molecule has 0 aromatic rings. The van der Waals surface area contributed by atoms with Crippen LogP contribution in [0.1, 0.15) is 19.8 Å². The molecule has 0 radical (unpaired) electrons. The number of alkyl halides is 3. The van der Waals surface area contributed by atoms with Gasteiger partial charge in [-0.2, -0.15) is 13.2 Å². The van der Waals surface area contributed by atoms with Crippen molar-refractivity contribution in [2.75, 3.05) is 26.7 Å². The van der Waals surface area contributed by atoms with Crippen LogP contribution in [0.15, 0.2) is 0 Å². The molecule has 0 spiro atoms. The highest BCUT2D eigenvalue weighted by Crippen LogP contribution is 2.30. The molecule has 1 N–H and O–H groups in total. The van der Waals surface area contributed by atoms with Gasteiger partial charge in [0, 0.05) is 5.41 Å². The highest BCUT2D eigenvalue weighted by molar-refractivity contribution is 5.82. The van der Waals surface area contributed by atoms with Gasteiger partial charge in [-0.15, -0.1) is 0 Å². The van der Waals surface area contributed by atoms with Gasteiger partial charge in [-0.1, -0.05) is 6.92 Å². The number of rotatable bonds is 2. The fraction of sp³-hybridized carbons (Fsp3) is 0.900. The van der Waals surface area contributed by atoms with Gasteiger partial charge in [0.2, 0.25) is 5.91 Å². The molecule has 3 nitrogen and oxygen atoms in total. The highest BCUT2D eigenvalue weighted by Gasteiger charge is 2.38. The van der Waals surface area contributed by atoms with E-state index in [0.717, 1.165) is 13.1 Å². The van der Waals surface area contributed by atoms with Gasteiger partial charge < -0.3 is 10.2 Å². The summed E-state index contributed by atoms with van der Waals surface area (Å²) in [5.74, 6) is -0.488. The lowest BCUT2D eigenvalue weighted by Gasteiger charge is -2.36. The van der Waals surface area contributed by atoms with Crippen molar-refractivity contribution in [1.82, 2.24) is 10.2 Å². The van der Waals surface area contributed by atoms with Gasteiger partial charge in [0.05, 0.1) is 0 Å². The van der Waals surface area contributed by atoms with Crippen molar-refractivity contribution in [1.29, 1.82) is 0 Å². The lowest BCUT2D eigenvalue weighted by atomic mass is 9.79. The van der Waals surface area contributed by atoms with Crippen molar-refractivity contribution < 1.29 is 18.0 Å². The molecule has 0 aromatic carbocycles. The second kappa shape index (κ2) is 4.61. The van der Waals surface area contributed by atoms with Crippen molar-refractivity contribution in [3.8, 4) is 0 Å². The molecule has 1 heterocycles. The molecule has 6 heteroatoms. The minimum absolute atomic E-state index is 0.488. The van der Waals surface area contributed by atoms with Gasteiger partial charge in [-0.3, -0.25) is 4.79 Å². The molecule has 0 saturated carbocycles. The Bertz CT molecular complexity index is 257. The van der Waals surface area contributed by atoms with Crippen LogP contribution in [0.25, 0.3) is 0 Å². The number of halogens is 3. The van der Waals surface area contributed by atoms with Gasteiger partial charge >= 0.3 is 6.18 Å². The van der Waals surface area contributed by atoms with Gasteiger partial charge in [0.1, 0.15) is 6.54 Å². The minimum Gasteiger partial charge on any atom is -0.347 e. The Morgan fingerprint density at radius 3 is 2.31 bits per heavy atom. The highest BCUT2D eigenvalue weighted by atomic mass is 19.4. The van der Waals surface area contributed by atoms with E-state index in [1.165, 1.54) is 0 Å². The van der Waals surface area contributed by atoms with E-state index in [2.05, 4.69) is 4.90 Å². The number of hydrogen-bond donors (Lipinski definition) is 1. The van der Waals surface area contributed by atoms with Crippen molar-refractivity contribution >= 4 is 5.91 Å². The summed E-state index contributed by atoms with van der Waals surface area (Å²) in [5, 5.41) is 1.97. The fourth-order valence-electron chi connectivity index (χ4n) is 1.73. The van der Waals surface area contributed by atoms with Gasteiger partial charge in [0.25, 0.3) is 0 Å². The summed E-state index contributed by atoms with van der Waals surface area (Å²) in [6, 6.07) is 0. The van der Waals surface area contributed by atoms with E-state index >= 15 is 0 Å². The number of nitrogens with one attached hydrogen (secondary N) is 1. The van der Waals surface area contributed by atoms with Gasteiger partial charge in [0.15, 0.2) is 0 Å². The lowest BCUT2D eigenvalue weighted by molar-refractivity contribution is -0.145. The quantitative estimate of drug-likeness (QED) is 0.788. The molecule has 1 aliphatic rings. The van der Waals surface area contributed by atoms with Gasteiger partial charge in [-0.05, 0) is 33.0 Å². The van der Waals surface area contributed by atoms with Crippen molar-refractivity contribution in [2.45, 2.75) is 25.9 Å². The summed E-state index contributed by atoms with van der Waals surface area (Å²) in [4.78, 5) is 13.7. The van der Waals surface area contributed by atoms with Crippen LogP contribution in [-0.2, 0) is 4.79 Å². The van der Waals surface area contributed by atoms with E-state index in [0.29, 0.717) is 12.8 Å². The molecule has 0 aromatic heterocycles. The monoisotopic (exact) mass is 238 g/mol. The van der Waals surface area contributed by atoms with Crippen molar-refractivity contribution in [2.24, 2.45) is 5.41 Å². The molecule has 1 fully saturated rings. The van der Waals surface area contributed by atoms with E-state index in [9.17, 15) is 18.0 Å². The summed E-state index contributed by atoms with van der Waals surface area (Å²) in [6.45, 7) is 1.98. The maximum atomic E-state index is 11.9. The van der Waals surface area contributed by atoms with Crippen molar-refractivity contribution in [3.05, 3.63) is 0 Å². The van der Waals surface area contributed by atoms with Crippen LogP contribution in [0.2, 0.25) is 0 Å². The Labute approximate surface area is 93.0 Å². The molecule has 16 heavy (non-hydrogen) atoms. The van der Waals surface area contributed by atoms with E-state index in [-0.39, 0.29) is 0 Å². The number of hydrogen-bond acceptors (Lipinski definition) is 2. The maximum Gasteiger partial charge on any atom is 0.405 e. The zero-order chi connectivity index (χ0) is 12.4. The largest absolute Gasteiger partial charge is 0.405 e. The topological polar surface area (TPSA) is 32.3 Å². The van der Waals surface area contributed by atoms with Crippen LogP contribution in [0.4, 0.5) is 13.2 Å². The summed E-state index contributed by atoms with van der Waals surface area (Å²) >= 11 is 0. The SMILES string of the molecule is CN1CCC(C)(C(=O)NCC(F)(F)F)CC1. The van der Waals surface area contributed by atoms with E-state index < -0.39 is 24.0 Å². The Kier molecular flexibility index (Phi) is 3.83. The third-order valence-electron chi connectivity index (χ3n) is 3.09. The Morgan fingerprint density at radius 2 is 1.88 bits per heavy atom. The fourth-order valence-corrected chi connectivity index (χ4v) is 1.73. The number of piperidine rings is 1. The summed E-state index contributed by atoms with van der Waals surface area (Å²) in [5.41, 5.74) is -0.655. The lowest BCUT2D eigenvalue weighted by Crippen LogP contribution is -2.48. The average Bonchev–Trinajstić information content (AvgIpc) is 2.18. The zero-order valence-corrected chi connectivity index (χ0v) is 9.52. The van der Waals surface area contributed by atoms with Crippen LogP contribution in [0.3, 0.4) is 0 Å². The first kappa shape index (κ1) is 13.3. The second-order valence-electron chi connectivity index (χ2n) is 4.66. The van der Waals surface area contributed by atoms with E-state index in [1.807, 2.05) is 12.4 Å². The molecule has 1 rings (SSSR count). The minimum atomic E-state index is -4.34.